The van der Waals surface area contributed by atoms with Crippen molar-refractivity contribution < 1.29 is 0 Å². The van der Waals surface area contributed by atoms with Gasteiger partial charge in [-0.25, -0.2) is 4.98 Å². The maximum absolute atomic E-state index is 5.11. The molecule has 1 N–H and O–H groups in total. The molecular formula is C30H41N3. The van der Waals surface area contributed by atoms with E-state index in [0.29, 0.717) is 0 Å². The Kier molecular flexibility index (Phi) is 9.72. The van der Waals surface area contributed by atoms with Gasteiger partial charge in [0.2, 0.25) is 0 Å². The second-order valence-electron chi connectivity index (χ2n) is 7.66. The van der Waals surface area contributed by atoms with Crippen LogP contribution in [0.3, 0.4) is 0 Å². The molecule has 0 radical (unpaired) electrons. The number of anilines is 2. The molecule has 176 valence electrons. The van der Waals surface area contributed by atoms with E-state index in [0.717, 1.165) is 35.4 Å². The zero-order chi connectivity index (χ0) is 24.4. The number of nitrogens with zero attached hydrogens (tertiary/aromatic N) is 2. The van der Waals surface area contributed by atoms with Gasteiger partial charge < -0.3 is 0 Å². The van der Waals surface area contributed by atoms with Crippen LogP contribution in [0.4, 0.5) is 11.5 Å². The maximum Gasteiger partial charge on any atom is 0.153 e. The van der Waals surface area contributed by atoms with Gasteiger partial charge in [-0.2, -0.15) is 0 Å². The minimum atomic E-state index is -0.00447. The highest BCUT2D eigenvalue weighted by atomic mass is 15.5. The molecule has 0 saturated carbocycles. The number of aromatic nitrogens is 1. The molecule has 2 bridgehead atoms. The molecular weight excluding hydrogens is 402 g/mol. The molecule has 3 nitrogen and oxygen atoms in total. The summed E-state index contributed by atoms with van der Waals surface area (Å²) in [6, 6.07) is 25.7. The van der Waals surface area contributed by atoms with Crippen LogP contribution in [0.1, 0.15) is 67.4 Å². The Balaban J connectivity index is 0.000000597. The van der Waals surface area contributed by atoms with Gasteiger partial charge in [-0.3, -0.25) is 10.4 Å². The van der Waals surface area contributed by atoms with Gasteiger partial charge in [-0.15, -0.1) is 0 Å². The smallest absolute Gasteiger partial charge is 0.153 e. The number of para-hydroxylation sites is 2. The third-order valence-corrected chi connectivity index (χ3v) is 5.98. The highest BCUT2D eigenvalue weighted by molar-refractivity contribution is 6.11. The van der Waals surface area contributed by atoms with Crippen LogP contribution in [0.15, 0.2) is 72.8 Å². The SMILES string of the molecule is CC.CC.CC.CCC1(C)CN(c2ccccc2)Nc2nc3c1cccc3c1ccccc21. The van der Waals surface area contributed by atoms with Crippen molar-refractivity contribution in [3.63, 3.8) is 0 Å². The van der Waals surface area contributed by atoms with E-state index in [-0.39, 0.29) is 5.41 Å². The van der Waals surface area contributed by atoms with E-state index < -0.39 is 0 Å². The van der Waals surface area contributed by atoms with Crippen LogP contribution in [-0.4, -0.2) is 11.5 Å². The highest BCUT2D eigenvalue weighted by Gasteiger charge is 2.32. The number of hydrogen-bond donors (Lipinski definition) is 1. The fourth-order valence-corrected chi connectivity index (χ4v) is 4.22. The van der Waals surface area contributed by atoms with Crippen LogP contribution in [0, 0.1) is 0 Å². The quantitative estimate of drug-likeness (QED) is 0.313. The molecule has 2 heterocycles. The Morgan fingerprint density at radius 3 is 1.97 bits per heavy atom. The fourth-order valence-electron chi connectivity index (χ4n) is 4.22. The molecule has 1 aromatic heterocycles. The molecule has 5 rings (SSSR count). The van der Waals surface area contributed by atoms with Crippen molar-refractivity contribution in [2.45, 2.75) is 67.2 Å². The first-order chi connectivity index (χ1) is 16.2. The lowest BCUT2D eigenvalue weighted by atomic mass is 9.78. The summed E-state index contributed by atoms with van der Waals surface area (Å²) in [5.74, 6) is 0.924. The van der Waals surface area contributed by atoms with Crippen molar-refractivity contribution in [1.29, 1.82) is 0 Å². The number of benzene rings is 3. The Hall–Kier alpha value is -3.07. The summed E-state index contributed by atoms with van der Waals surface area (Å²) in [5, 5.41) is 5.89. The summed E-state index contributed by atoms with van der Waals surface area (Å²) in [6.45, 7) is 17.5. The van der Waals surface area contributed by atoms with Gasteiger partial charge in [0, 0.05) is 22.7 Å². The molecule has 1 aliphatic rings. The summed E-state index contributed by atoms with van der Waals surface area (Å²) in [7, 11) is 0. The molecule has 0 aliphatic carbocycles. The number of pyridine rings is 1. The van der Waals surface area contributed by atoms with Gasteiger partial charge in [0.1, 0.15) is 0 Å². The van der Waals surface area contributed by atoms with Crippen molar-refractivity contribution in [1.82, 2.24) is 4.98 Å². The van der Waals surface area contributed by atoms with E-state index >= 15 is 0 Å². The number of fused-ring (bicyclic) bond motifs is 4. The average Bonchev–Trinajstić information content (AvgIpc) is 2.91. The first-order valence-corrected chi connectivity index (χ1v) is 12.6. The van der Waals surface area contributed by atoms with Gasteiger partial charge in [-0.1, -0.05) is 116 Å². The van der Waals surface area contributed by atoms with Crippen LogP contribution < -0.4 is 10.4 Å². The van der Waals surface area contributed by atoms with Gasteiger partial charge >= 0.3 is 0 Å². The topological polar surface area (TPSA) is 28.2 Å². The molecule has 4 aromatic rings. The monoisotopic (exact) mass is 443 g/mol. The average molecular weight is 444 g/mol. The second-order valence-corrected chi connectivity index (χ2v) is 7.66. The predicted octanol–water partition coefficient (Wildman–Crippen LogP) is 8.98. The lowest BCUT2D eigenvalue weighted by Crippen LogP contribution is -2.43. The van der Waals surface area contributed by atoms with Crippen molar-refractivity contribution in [2.24, 2.45) is 0 Å². The largest absolute Gasteiger partial charge is 0.286 e. The molecule has 3 heteroatoms. The van der Waals surface area contributed by atoms with Crippen LogP contribution in [0.5, 0.6) is 0 Å². The van der Waals surface area contributed by atoms with E-state index in [1.54, 1.807) is 0 Å². The number of hydrazine groups is 1. The highest BCUT2D eigenvalue weighted by Crippen LogP contribution is 2.40. The standard InChI is InChI=1S/C24H23N3.3C2H6/c1-3-24(2)16-27(17-10-5-4-6-11-17)26-23-20-13-8-7-12-18(20)19-14-9-15-21(24)22(19)25-23;3*1-2/h4-15H,3,16H2,1-2H3,(H,25,26);3*1-2H3. The minimum Gasteiger partial charge on any atom is -0.286 e. The fraction of sp³-hybridized carbons (Fsp3) is 0.367. The zero-order valence-electron chi connectivity index (χ0n) is 21.7. The van der Waals surface area contributed by atoms with Crippen molar-refractivity contribution in [3.05, 3.63) is 78.4 Å². The number of hydrogen-bond acceptors (Lipinski definition) is 3. The molecule has 33 heavy (non-hydrogen) atoms. The van der Waals surface area contributed by atoms with Gasteiger partial charge in [0.25, 0.3) is 0 Å². The third kappa shape index (κ3) is 5.13. The summed E-state index contributed by atoms with van der Waals surface area (Å²) in [4.78, 5) is 5.11. The van der Waals surface area contributed by atoms with E-state index in [1.165, 1.54) is 16.3 Å². The van der Waals surface area contributed by atoms with Crippen molar-refractivity contribution in [2.75, 3.05) is 17.0 Å². The summed E-state index contributed by atoms with van der Waals surface area (Å²) in [5.41, 5.74) is 7.24. The minimum absolute atomic E-state index is 0.00447. The van der Waals surface area contributed by atoms with E-state index in [4.69, 9.17) is 4.98 Å². The molecule has 1 aliphatic heterocycles. The Morgan fingerprint density at radius 2 is 1.33 bits per heavy atom. The normalized spacial score (nSPS) is 16.2. The van der Waals surface area contributed by atoms with Crippen molar-refractivity contribution >= 4 is 33.2 Å². The Bertz CT molecular complexity index is 1140. The van der Waals surface area contributed by atoms with Crippen LogP contribution >= 0.6 is 0 Å². The Morgan fingerprint density at radius 1 is 0.758 bits per heavy atom. The van der Waals surface area contributed by atoms with Gasteiger partial charge in [0.15, 0.2) is 5.82 Å². The van der Waals surface area contributed by atoms with Crippen molar-refractivity contribution in [3.8, 4) is 0 Å². The predicted molar refractivity (Wildman–Crippen MR) is 148 cm³/mol. The third-order valence-electron chi connectivity index (χ3n) is 5.98. The molecule has 1 unspecified atom stereocenters. The van der Waals surface area contributed by atoms with Gasteiger partial charge in [-0.05, 0) is 29.5 Å². The van der Waals surface area contributed by atoms with E-state index in [2.05, 4.69) is 97.1 Å². The molecule has 0 saturated heterocycles. The lowest BCUT2D eigenvalue weighted by Gasteiger charge is -2.39. The molecule has 0 amide bonds. The first-order valence-electron chi connectivity index (χ1n) is 12.6. The number of nitrogens with one attached hydrogen (secondary N) is 1. The van der Waals surface area contributed by atoms with Crippen LogP contribution in [-0.2, 0) is 5.41 Å². The summed E-state index contributed by atoms with van der Waals surface area (Å²) in [6.07, 6.45) is 1.04. The lowest BCUT2D eigenvalue weighted by molar-refractivity contribution is 0.457. The van der Waals surface area contributed by atoms with E-state index in [9.17, 15) is 0 Å². The molecule has 0 spiro atoms. The summed E-state index contributed by atoms with van der Waals surface area (Å²) < 4.78 is 0. The maximum atomic E-state index is 5.11. The number of rotatable bonds is 2. The Labute approximate surface area is 200 Å². The second kappa shape index (κ2) is 12.2. The zero-order valence-corrected chi connectivity index (χ0v) is 21.7. The molecule has 0 fully saturated rings. The molecule has 1 atom stereocenters. The summed E-state index contributed by atoms with van der Waals surface area (Å²) >= 11 is 0. The van der Waals surface area contributed by atoms with E-state index in [1.807, 2.05) is 41.5 Å². The van der Waals surface area contributed by atoms with Crippen LogP contribution in [0.2, 0.25) is 0 Å². The van der Waals surface area contributed by atoms with Crippen LogP contribution in [0.25, 0.3) is 21.7 Å². The molecule has 3 aromatic carbocycles. The first kappa shape index (κ1) is 26.2. The van der Waals surface area contributed by atoms with Gasteiger partial charge in [0.05, 0.1) is 11.2 Å².